The lowest BCUT2D eigenvalue weighted by atomic mass is 10.0. The number of carbonyl (C=O) groups is 2. The van der Waals surface area contributed by atoms with Crippen LogP contribution in [-0.2, 0) is 16.0 Å². The lowest BCUT2D eigenvalue weighted by molar-refractivity contribution is -0.140. The van der Waals surface area contributed by atoms with Gasteiger partial charge in [-0.1, -0.05) is 34.1 Å². The minimum absolute atomic E-state index is 0.0158. The minimum atomic E-state index is -0.570. The second-order valence-electron chi connectivity index (χ2n) is 7.69. The van der Waals surface area contributed by atoms with Gasteiger partial charge in [0.1, 0.15) is 11.7 Å². The van der Waals surface area contributed by atoms with Gasteiger partial charge in [-0.25, -0.2) is 0 Å². The van der Waals surface area contributed by atoms with Gasteiger partial charge in [-0.2, -0.15) is 0 Å². The number of rotatable bonds is 5. The number of amides is 2. The van der Waals surface area contributed by atoms with Crippen molar-refractivity contribution < 1.29 is 14.3 Å². The van der Waals surface area contributed by atoms with Gasteiger partial charge in [0.15, 0.2) is 0 Å². The highest BCUT2D eigenvalue weighted by atomic mass is 79.9. The third-order valence-corrected chi connectivity index (χ3v) is 6.38. The average Bonchev–Trinajstić information content (AvgIpc) is 3.34. The highest BCUT2D eigenvalue weighted by molar-refractivity contribution is 9.10. The van der Waals surface area contributed by atoms with Gasteiger partial charge in [-0.15, -0.1) is 0 Å². The van der Waals surface area contributed by atoms with Crippen LogP contribution in [0.5, 0.6) is 5.75 Å². The first kappa shape index (κ1) is 20.0. The molecule has 2 aromatic rings. The number of likely N-dealkylation sites (tertiary alicyclic amines) is 1. The zero-order valence-electron chi connectivity index (χ0n) is 16.5. The molecule has 2 aliphatic heterocycles. The number of hydrogen-bond donors (Lipinski definition) is 0. The largest absolute Gasteiger partial charge is 0.497 e. The van der Waals surface area contributed by atoms with E-state index in [1.807, 2.05) is 47.4 Å². The summed E-state index contributed by atoms with van der Waals surface area (Å²) in [5, 5.41) is 0. The van der Waals surface area contributed by atoms with Gasteiger partial charge in [-0.3, -0.25) is 9.59 Å². The van der Waals surface area contributed by atoms with Gasteiger partial charge in [0.2, 0.25) is 11.8 Å². The van der Waals surface area contributed by atoms with Gasteiger partial charge in [-0.05, 0) is 61.6 Å². The molecule has 2 aliphatic rings. The van der Waals surface area contributed by atoms with Crippen molar-refractivity contribution in [3.8, 4) is 5.75 Å². The molecule has 0 spiro atoms. The maximum absolute atomic E-state index is 13.3. The van der Waals surface area contributed by atoms with E-state index in [1.165, 1.54) is 0 Å². The zero-order chi connectivity index (χ0) is 20.4. The average molecular weight is 457 g/mol. The molecular weight excluding hydrogens is 432 g/mol. The van der Waals surface area contributed by atoms with Crippen LogP contribution in [-0.4, -0.2) is 43.0 Å². The van der Waals surface area contributed by atoms with Crippen molar-refractivity contribution in [1.82, 2.24) is 4.90 Å². The van der Waals surface area contributed by atoms with Crippen molar-refractivity contribution in [2.45, 2.75) is 31.7 Å². The molecule has 4 rings (SSSR count). The van der Waals surface area contributed by atoms with Gasteiger partial charge >= 0.3 is 0 Å². The Bertz CT molecular complexity index is 917. The first-order valence-corrected chi connectivity index (χ1v) is 10.9. The number of nitrogens with zero attached hydrogens (tertiary/aromatic N) is 2. The van der Waals surface area contributed by atoms with Crippen molar-refractivity contribution in [3.05, 3.63) is 58.6 Å². The standard InChI is InChI=1S/C23H25BrN2O3/c1-29-20-9-2-5-16(14-20)13-18-8-4-11-25(18)22(27)21-10-12-26(23(21)28)19-7-3-6-17(24)15-19/h2-3,5-7,9,14-15,18,21H,4,8,10-13H2,1H3. The number of methoxy groups -OCH3 is 1. The Kier molecular flexibility index (Phi) is 5.90. The maximum Gasteiger partial charge on any atom is 0.239 e. The van der Waals surface area contributed by atoms with E-state index in [-0.39, 0.29) is 17.9 Å². The van der Waals surface area contributed by atoms with Crippen molar-refractivity contribution in [2.75, 3.05) is 25.1 Å². The van der Waals surface area contributed by atoms with E-state index in [4.69, 9.17) is 4.74 Å². The van der Waals surface area contributed by atoms with E-state index in [2.05, 4.69) is 22.0 Å². The molecule has 2 fully saturated rings. The molecule has 2 heterocycles. The molecule has 0 N–H and O–H groups in total. The smallest absolute Gasteiger partial charge is 0.239 e. The van der Waals surface area contributed by atoms with Crippen molar-refractivity contribution in [1.29, 1.82) is 0 Å². The molecule has 29 heavy (non-hydrogen) atoms. The summed E-state index contributed by atoms with van der Waals surface area (Å²) in [5.74, 6) is 0.159. The van der Waals surface area contributed by atoms with Crippen LogP contribution in [0, 0.1) is 5.92 Å². The summed E-state index contributed by atoms with van der Waals surface area (Å²) < 4.78 is 6.24. The Labute approximate surface area is 179 Å². The van der Waals surface area contributed by atoms with Crippen LogP contribution in [0.3, 0.4) is 0 Å². The fourth-order valence-corrected chi connectivity index (χ4v) is 4.81. The summed E-state index contributed by atoms with van der Waals surface area (Å²) >= 11 is 3.45. The van der Waals surface area contributed by atoms with Crippen molar-refractivity contribution in [2.24, 2.45) is 5.92 Å². The summed E-state index contributed by atoms with van der Waals surface area (Å²) in [4.78, 5) is 30.0. The summed E-state index contributed by atoms with van der Waals surface area (Å²) in [6, 6.07) is 15.8. The molecule has 2 amide bonds. The van der Waals surface area contributed by atoms with Gasteiger partial charge in [0, 0.05) is 29.3 Å². The lowest BCUT2D eigenvalue weighted by Gasteiger charge is -2.27. The van der Waals surface area contributed by atoms with Crippen LogP contribution in [0.25, 0.3) is 0 Å². The van der Waals surface area contributed by atoms with E-state index < -0.39 is 5.92 Å². The molecule has 2 atom stereocenters. The third kappa shape index (κ3) is 4.17. The Morgan fingerprint density at radius 2 is 1.97 bits per heavy atom. The molecule has 0 bridgehead atoms. The molecule has 2 unspecified atom stereocenters. The van der Waals surface area contributed by atoms with Crippen LogP contribution in [0.15, 0.2) is 53.0 Å². The number of carbonyl (C=O) groups excluding carboxylic acids is 2. The Morgan fingerprint density at radius 1 is 1.14 bits per heavy atom. The highest BCUT2D eigenvalue weighted by Gasteiger charge is 2.42. The van der Waals surface area contributed by atoms with E-state index in [0.717, 1.165) is 47.3 Å². The molecule has 6 heteroatoms. The Hall–Kier alpha value is -2.34. The monoisotopic (exact) mass is 456 g/mol. The molecule has 0 aromatic heterocycles. The second kappa shape index (κ2) is 8.57. The molecule has 2 aromatic carbocycles. The number of ether oxygens (including phenoxy) is 1. The van der Waals surface area contributed by atoms with E-state index in [9.17, 15) is 9.59 Å². The summed E-state index contributed by atoms with van der Waals surface area (Å²) in [5.41, 5.74) is 2.00. The number of anilines is 1. The maximum atomic E-state index is 13.3. The van der Waals surface area contributed by atoms with Crippen LogP contribution in [0.2, 0.25) is 0 Å². The molecule has 0 radical (unpaired) electrons. The molecule has 0 aliphatic carbocycles. The number of hydrogen-bond acceptors (Lipinski definition) is 3. The Balaban J connectivity index is 1.46. The number of halogens is 1. The van der Waals surface area contributed by atoms with E-state index in [0.29, 0.717) is 13.0 Å². The molecular formula is C23H25BrN2O3. The lowest BCUT2D eigenvalue weighted by Crippen LogP contribution is -2.43. The fourth-order valence-electron chi connectivity index (χ4n) is 4.42. The normalized spacial score (nSPS) is 21.7. The molecule has 0 saturated carbocycles. The van der Waals surface area contributed by atoms with Gasteiger partial charge < -0.3 is 14.5 Å². The van der Waals surface area contributed by atoms with Gasteiger partial charge in [0.05, 0.1) is 7.11 Å². The molecule has 2 saturated heterocycles. The predicted molar refractivity (Wildman–Crippen MR) is 116 cm³/mol. The van der Waals surface area contributed by atoms with Crippen molar-refractivity contribution >= 4 is 33.4 Å². The van der Waals surface area contributed by atoms with Crippen LogP contribution < -0.4 is 9.64 Å². The van der Waals surface area contributed by atoms with E-state index in [1.54, 1.807) is 12.0 Å². The summed E-state index contributed by atoms with van der Waals surface area (Å²) in [6.07, 6.45) is 3.32. The summed E-state index contributed by atoms with van der Waals surface area (Å²) in [6.45, 7) is 1.31. The highest BCUT2D eigenvalue weighted by Crippen LogP contribution is 2.31. The van der Waals surface area contributed by atoms with Crippen LogP contribution in [0.1, 0.15) is 24.8 Å². The SMILES string of the molecule is COc1cccc(CC2CCCN2C(=O)C2CCN(c3cccc(Br)c3)C2=O)c1. The molecule has 5 nitrogen and oxygen atoms in total. The summed E-state index contributed by atoms with van der Waals surface area (Å²) in [7, 11) is 1.66. The first-order chi connectivity index (χ1) is 14.1. The number of benzene rings is 2. The topological polar surface area (TPSA) is 49.9 Å². The van der Waals surface area contributed by atoms with Crippen molar-refractivity contribution in [3.63, 3.8) is 0 Å². The molecule has 152 valence electrons. The zero-order valence-corrected chi connectivity index (χ0v) is 18.1. The fraction of sp³-hybridized carbons (Fsp3) is 0.391. The predicted octanol–water partition coefficient (Wildman–Crippen LogP) is 4.04. The second-order valence-corrected chi connectivity index (χ2v) is 8.61. The van der Waals surface area contributed by atoms with Crippen LogP contribution in [0.4, 0.5) is 5.69 Å². The van der Waals surface area contributed by atoms with E-state index >= 15 is 0 Å². The van der Waals surface area contributed by atoms with Gasteiger partial charge in [0.25, 0.3) is 0 Å². The third-order valence-electron chi connectivity index (χ3n) is 5.89. The minimum Gasteiger partial charge on any atom is -0.497 e. The van der Waals surface area contributed by atoms with Crippen LogP contribution >= 0.6 is 15.9 Å². The first-order valence-electron chi connectivity index (χ1n) is 10.1. The Morgan fingerprint density at radius 3 is 2.76 bits per heavy atom. The quantitative estimate of drug-likeness (QED) is 0.637.